The maximum Gasteiger partial charge on any atom is 0.136 e. The maximum absolute atomic E-state index is 7.02. The first-order valence-electron chi connectivity index (χ1n) is 17.1. The second-order valence-electron chi connectivity index (χ2n) is 12.7. The van der Waals surface area contributed by atoms with Gasteiger partial charge in [-0.15, -0.1) is 0 Å². The van der Waals surface area contributed by atoms with E-state index in [1.54, 1.807) is 0 Å². The molecule has 0 fully saturated rings. The van der Waals surface area contributed by atoms with Gasteiger partial charge >= 0.3 is 0 Å². The Morgan fingerprint density at radius 1 is 0.412 bits per heavy atom. The molecule has 51 heavy (non-hydrogen) atoms. The summed E-state index contributed by atoms with van der Waals surface area (Å²) in [5, 5.41) is 2.39. The number of para-hydroxylation sites is 5. The topological polar surface area (TPSA) is 36.3 Å². The molecular formula is C47H30N2O2. The van der Waals surface area contributed by atoms with E-state index in [4.69, 9.17) is 9.47 Å². The van der Waals surface area contributed by atoms with Gasteiger partial charge < -0.3 is 14.0 Å². The lowest BCUT2D eigenvalue weighted by Gasteiger charge is -2.24. The van der Waals surface area contributed by atoms with Gasteiger partial charge in [-0.3, -0.25) is 4.98 Å². The fourth-order valence-corrected chi connectivity index (χ4v) is 7.50. The van der Waals surface area contributed by atoms with Gasteiger partial charge in [-0.25, -0.2) is 0 Å². The third kappa shape index (κ3) is 4.80. The summed E-state index contributed by atoms with van der Waals surface area (Å²) >= 11 is 0. The molecular weight excluding hydrogens is 625 g/mol. The summed E-state index contributed by atoms with van der Waals surface area (Å²) in [5.41, 5.74) is 11.2. The molecule has 4 nitrogen and oxygen atoms in total. The largest absolute Gasteiger partial charge is 0.456 e. The highest BCUT2D eigenvalue weighted by atomic mass is 16.5. The number of fused-ring (bicyclic) bond motifs is 9. The van der Waals surface area contributed by atoms with E-state index in [9.17, 15) is 0 Å². The first kappa shape index (κ1) is 29.0. The first-order valence-corrected chi connectivity index (χ1v) is 17.1. The molecule has 7 aromatic carbocycles. The van der Waals surface area contributed by atoms with Crippen LogP contribution in [0.5, 0.6) is 23.0 Å². The van der Waals surface area contributed by atoms with Crippen LogP contribution in [-0.4, -0.2) is 9.55 Å². The van der Waals surface area contributed by atoms with Crippen LogP contribution in [0, 0.1) is 0 Å². The molecule has 0 amide bonds. The van der Waals surface area contributed by atoms with E-state index in [2.05, 4.69) is 131 Å². The predicted octanol–water partition coefficient (Wildman–Crippen LogP) is 12.7. The zero-order chi connectivity index (χ0) is 33.7. The van der Waals surface area contributed by atoms with Crippen molar-refractivity contribution in [2.75, 3.05) is 0 Å². The Hall–Kier alpha value is -6.91. The summed E-state index contributed by atoms with van der Waals surface area (Å²) in [5.74, 6) is 2.98. The van der Waals surface area contributed by atoms with E-state index in [0.29, 0.717) is 0 Å². The Bertz CT molecular complexity index is 2750. The van der Waals surface area contributed by atoms with Crippen LogP contribution in [0.4, 0.5) is 0 Å². The van der Waals surface area contributed by atoms with Gasteiger partial charge in [0.25, 0.3) is 0 Å². The van der Waals surface area contributed by atoms with Crippen molar-refractivity contribution >= 4 is 21.8 Å². The highest BCUT2D eigenvalue weighted by Gasteiger charge is 2.25. The summed E-state index contributed by atoms with van der Waals surface area (Å²) < 4.78 is 16.4. The van der Waals surface area contributed by atoms with E-state index in [0.717, 1.165) is 84.4 Å². The van der Waals surface area contributed by atoms with Gasteiger partial charge in [0.1, 0.15) is 23.0 Å². The summed E-state index contributed by atoms with van der Waals surface area (Å²) in [6.45, 7) is 0. The predicted molar refractivity (Wildman–Crippen MR) is 207 cm³/mol. The lowest BCUT2D eigenvalue weighted by atomic mass is 9.90. The zero-order valence-electron chi connectivity index (χ0n) is 27.5. The Labute approximate surface area is 295 Å². The average Bonchev–Trinajstić information content (AvgIpc) is 3.54. The lowest BCUT2D eigenvalue weighted by molar-refractivity contribution is 0.472. The summed E-state index contributed by atoms with van der Waals surface area (Å²) in [4.78, 5) is 4.67. The molecule has 0 bridgehead atoms. The maximum atomic E-state index is 7.02. The standard InChI is InChI=1S/C47H30N2O2/c1-2-14-32(15-3-1)49-41-23-7-4-16-33(41)37-20-12-21-38(47(37)49)36-19-13-26-44-46(36)39-28-27-31(40-22-10-11-29-48-40)30-45(39)51-43-25-9-6-18-35(43)34-17-5-8-24-42(34)50-44/h1-30H. The Balaban J connectivity index is 1.31. The van der Waals surface area contributed by atoms with Gasteiger partial charge in [-0.2, -0.15) is 0 Å². The van der Waals surface area contributed by atoms with Crippen molar-refractivity contribution < 1.29 is 9.47 Å². The molecule has 0 unspecified atom stereocenters. The second kappa shape index (κ2) is 11.9. The number of nitrogens with zero attached hydrogens (tertiary/aromatic N) is 2. The number of hydrogen-bond acceptors (Lipinski definition) is 3. The number of rotatable bonds is 3. The van der Waals surface area contributed by atoms with Crippen molar-refractivity contribution in [1.82, 2.24) is 9.55 Å². The number of aromatic nitrogens is 2. The molecule has 3 heterocycles. The third-order valence-corrected chi connectivity index (χ3v) is 9.74. The van der Waals surface area contributed by atoms with Crippen LogP contribution in [0.2, 0.25) is 0 Å². The molecule has 0 aliphatic carbocycles. The van der Waals surface area contributed by atoms with Gasteiger partial charge in [0.15, 0.2) is 0 Å². The minimum absolute atomic E-state index is 0.720. The fourth-order valence-electron chi connectivity index (χ4n) is 7.50. The molecule has 1 aliphatic heterocycles. The monoisotopic (exact) mass is 654 g/mol. The van der Waals surface area contributed by atoms with E-state index >= 15 is 0 Å². The zero-order valence-corrected chi connectivity index (χ0v) is 27.5. The van der Waals surface area contributed by atoms with Crippen molar-refractivity contribution in [3.8, 4) is 73.3 Å². The second-order valence-corrected chi connectivity index (χ2v) is 12.7. The minimum atomic E-state index is 0.720. The fraction of sp³-hybridized carbons (Fsp3) is 0. The molecule has 0 N–H and O–H groups in total. The molecule has 10 rings (SSSR count). The lowest BCUT2D eigenvalue weighted by Crippen LogP contribution is -2.00. The molecule has 4 heteroatoms. The van der Waals surface area contributed by atoms with Gasteiger partial charge in [-0.05, 0) is 66.2 Å². The summed E-state index contributed by atoms with van der Waals surface area (Å²) in [6.07, 6.45) is 1.82. The molecule has 0 atom stereocenters. The van der Waals surface area contributed by atoms with Gasteiger partial charge in [0.2, 0.25) is 0 Å². The smallest absolute Gasteiger partial charge is 0.136 e. The molecule has 0 saturated heterocycles. The van der Waals surface area contributed by atoms with Crippen LogP contribution < -0.4 is 9.47 Å². The Kier molecular flexibility index (Phi) is 6.78. The van der Waals surface area contributed by atoms with Crippen molar-refractivity contribution in [1.29, 1.82) is 0 Å². The summed E-state index contributed by atoms with van der Waals surface area (Å²) in [7, 11) is 0. The number of hydrogen-bond donors (Lipinski definition) is 0. The van der Waals surface area contributed by atoms with Gasteiger partial charge in [0, 0.05) is 56.0 Å². The average molecular weight is 655 g/mol. The molecule has 0 saturated carbocycles. The number of pyridine rings is 1. The number of benzene rings is 7. The number of ether oxygens (including phenoxy) is 2. The van der Waals surface area contributed by atoms with Gasteiger partial charge in [-0.1, -0.05) is 115 Å². The minimum Gasteiger partial charge on any atom is -0.456 e. The van der Waals surface area contributed by atoms with Crippen molar-refractivity contribution in [3.63, 3.8) is 0 Å². The quantitative estimate of drug-likeness (QED) is 0.190. The summed E-state index contributed by atoms with van der Waals surface area (Å²) in [6, 6.07) is 60.9. The van der Waals surface area contributed by atoms with Gasteiger partial charge in [0.05, 0.1) is 16.7 Å². The van der Waals surface area contributed by atoms with Crippen LogP contribution in [0.1, 0.15) is 0 Å². The first-order chi connectivity index (χ1) is 25.3. The van der Waals surface area contributed by atoms with Crippen LogP contribution >= 0.6 is 0 Å². The highest BCUT2D eigenvalue weighted by molar-refractivity contribution is 6.15. The Morgan fingerprint density at radius 2 is 1.04 bits per heavy atom. The molecule has 240 valence electrons. The normalized spacial score (nSPS) is 11.8. The molecule has 2 aromatic heterocycles. The molecule has 9 aromatic rings. The molecule has 0 spiro atoms. The van der Waals surface area contributed by atoms with E-state index in [1.165, 1.54) is 10.8 Å². The van der Waals surface area contributed by atoms with Crippen molar-refractivity contribution in [3.05, 3.63) is 182 Å². The Morgan fingerprint density at radius 3 is 1.84 bits per heavy atom. The van der Waals surface area contributed by atoms with E-state index in [-0.39, 0.29) is 0 Å². The SMILES string of the molecule is c1ccc(-n2c3ccccc3c3cccc(-c4cccc5c4-c4ccc(-c6ccccn6)cc4Oc4ccccc4-c4ccccc4O5)c32)cc1. The highest BCUT2D eigenvalue weighted by Crippen LogP contribution is 2.51. The van der Waals surface area contributed by atoms with E-state index < -0.39 is 0 Å². The van der Waals surface area contributed by atoms with Crippen LogP contribution in [0.25, 0.3) is 72.1 Å². The van der Waals surface area contributed by atoms with Crippen LogP contribution in [0.3, 0.4) is 0 Å². The molecule has 1 aliphatic rings. The van der Waals surface area contributed by atoms with Crippen LogP contribution in [-0.2, 0) is 0 Å². The van der Waals surface area contributed by atoms with E-state index in [1.807, 2.05) is 60.8 Å². The van der Waals surface area contributed by atoms with Crippen molar-refractivity contribution in [2.24, 2.45) is 0 Å². The third-order valence-electron chi connectivity index (χ3n) is 9.74. The van der Waals surface area contributed by atoms with Crippen molar-refractivity contribution in [2.45, 2.75) is 0 Å². The molecule has 0 radical (unpaired) electrons. The van der Waals surface area contributed by atoms with Crippen LogP contribution in [0.15, 0.2) is 182 Å².